The Balaban J connectivity index is 1.24. The van der Waals surface area contributed by atoms with Crippen LogP contribution >= 0.6 is 0 Å². The van der Waals surface area contributed by atoms with Crippen LogP contribution in [-0.2, 0) is 13.0 Å². The summed E-state index contributed by atoms with van der Waals surface area (Å²) < 4.78 is 0. The summed E-state index contributed by atoms with van der Waals surface area (Å²) in [6, 6.07) is 11.0. The van der Waals surface area contributed by atoms with Crippen LogP contribution in [0.1, 0.15) is 81.7 Å². The van der Waals surface area contributed by atoms with Gasteiger partial charge >= 0.3 is 0 Å². The van der Waals surface area contributed by atoms with E-state index in [0.717, 1.165) is 86.9 Å². The Kier molecular flexibility index (Phi) is 9.01. The molecule has 2 aromatic heterocycles. The van der Waals surface area contributed by atoms with Gasteiger partial charge < -0.3 is 25.3 Å². The van der Waals surface area contributed by atoms with Gasteiger partial charge in [-0.25, -0.2) is 4.98 Å². The lowest BCUT2D eigenvalue weighted by Crippen LogP contribution is -2.43. The van der Waals surface area contributed by atoms with Crippen LogP contribution in [0, 0.1) is 5.92 Å². The van der Waals surface area contributed by atoms with E-state index >= 15 is 0 Å². The van der Waals surface area contributed by atoms with Crippen molar-refractivity contribution in [3.05, 3.63) is 95.2 Å². The van der Waals surface area contributed by atoms with Gasteiger partial charge in [0.15, 0.2) is 0 Å². The molecule has 1 saturated heterocycles. The van der Waals surface area contributed by atoms with Crippen LogP contribution in [-0.4, -0.2) is 61.5 Å². The van der Waals surface area contributed by atoms with E-state index in [1.807, 2.05) is 18.5 Å². The number of anilines is 4. The summed E-state index contributed by atoms with van der Waals surface area (Å²) >= 11 is 0. The third kappa shape index (κ3) is 6.22. The van der Waals surface area contributed by atoms with E-state index in [1.165, 1.54) is 52.2 Å². The Morgan fingerprint density at radius 3 is 2.56 bits per heavy atom. The molecule has 2 unspecified atom stereocenters. The Bertz CT molecular complexity index is 1740. The van der Waals surface area contributed by atoms with Crippen molar-refractivity contribution >= 4 is 41.8 Å². The molecule has 4 aliphatic rings. The minimum Gasteiger partial charge on any atom is -0.384 e. The fourth-order valence-corrected chi connectivity index (χ4v) is 8.24. The highest BCUT2D eigenvalue weighted by atomic mass is 15.2. The molecule has 2 radical (unpaired) electrons. The summed E-state index contributed by atoms with van der Waals surface area (Å²) in [5.41, 5.74) is 19.1. The Morgan fingerprint density at radius 2 is 1.81 bits per heavy atom. The monoisotopic (exact) mass is 639 g/mol. The maximum Gasteiger partial charge on any atom is 0.123 e. The zero-order valence-electron chi connectivity index (χ0n) is 29.3. The number of aryl methyl sites for hydroxylation is 1. The van der Waals surface area contributed by atoms with Gasteiger partial charge in [0, 0.05) is 79.4 Å². The summed E-state index contributed by atoms with van der Waals surface area (Å²) in [5, 5.41) is 0. The number of nitrogens with zero attached hydrogens (tertiary/aromatic N) is 6. The highest BCUT2D eigenvalue weighted by molar-refractivity contribution is 6.37. The van der Waals surface area contributed by atoms with E-state index in [2.05, 4.69) is 93.8 Å². The van der Waals surface area contributed by atoms with Gasteiger partial charge in [-0.05, 0) is 91.8 Å². The maximum absolute atomic E-state index is 7.02. The second kappa shape index (κ2) is 13.4. The van der Waals surface area contributed by atoms with E-state index in [1.54, 1.807) is 0 Å². The van der Waals surface area contributed by atoms with Gasteiger partial charge in [0.05, 0.1) is 24.1 Å². The lowest BCUT2D eigenvalue weighted by Gasteiger charge is -2.46. The van der Waals surface area contributed by atoms with Gasteiger partial charge in [0.25, 0.3) is 0 Å². The number of pyridine rings is 2. The number of benzene rings is 1. The number of hydrogen-bond acceptors (Lipinski definition) is 7. The molecule has 6 heterocycles. The number of piperidine rings is 1. The molecule has 0 spiro atoms. The number of nitrogens with two attached hydrogens (primary N) is 1. The van der Waals surface area contributed by atoms with Crippen LogP contribution in [0.25, 0.3) is 5.57 Å². The van der Waals surface area contributed by atoms with Crippen molar-refractivity contribution in [1.82, 2.24) is 14.9 Å². The number of aromatic nitrogens is 2. The van der Waals surface area contributed by atoms with Crippen molar-refractivity contribution in [3.63, 3.8) is 0 Å². The Hall–Kier alpha value is -4.20. The predicted molar refractivity (Wildman–Crippen MR) is 202 cm³/mol. The van der Waals surface area contributed by atoms with Gasteiger partial charge in [-0.3, -0.25) is 4.98 Å². The molecule has 7 rings (SSSR count). The number of nitrogen functional groups attached to an aromatic ring is 1. The summed E-state index contributed by atoms with van der Waals surface area (Å²) in [4.78, 5) is 19.0. The quantitative estimate of drug-likeness (QED) is 0.280. The van der Waals surface area contributed by atoms with Crippen LogP contribution in [0.15, 0.2) is 72.9 Å². The predicted octanol–water partition coefficient (Wildman–Crippen LogP) is 6.56. The normalized spacial score (nSPS) is 21.2. The number of hydrogen-bond donors (Lipinski definition) is 1. The largest absolute Gasteiger partial charge is 0.384 e. The molecule has 0 saturated carbocycles. The van der Waals surface area contributed by atoms with Gasteiger partial charge in [0.1, 0.15) is 13.7 Å². The lowest BCUT2D eigenvalue weighted by molar-refractivity contribution is 0.353. The summed E-state index contributed by atoms with van der Waals surface area (Å²) in [6.07, 6.45) is 14.1. The minimum atomic E-state index is 0.385. The van der Waals surface area contributed by atoms with Crippen LogP contribution in [0.5, 0.6) is 0 Å². The molecule has 0 amide bonds. The SMILES string of the molecule is [B]c1cc2c3c(c1N1CCC(C)CC1)C(C)CC(C)N3C=C(CN(Cc1ccnc(CC)c1)C1=CCCN(c3ccc(N)nc3)C1)C2=C. The molecule has 248 valence electrons. The van der Waals surface area contributed by atoms with Crippen LogP contribution in [0.3, 0.4) is 0 Å². The second-order valence-corrected chi connectivity index (χ2v) is 14.5. The smallest absolute Gasteiger partial charge is 0.123 e. The first-order chi connectivity index (χ1) is 23.2. The van der Waals surface area contributed by atoms with E-state index < -0.39 is 0 Å². The summed E-state index contributed by atoms with van der Waals surface area (Å²) in [5.74, 6) is 1.75. The van der Waals surface area contributed by atoms with Crippen LogP contribution in [0.4, 0.5) is 22.9 Å². The molecule has 2 atom stereocenters. The third-order valence-corrected chi connectivity index (χ3v) is 11.0. The van der Waals surface area contributed by atoms with Crippen molar-refractivity contribution in [2.75, 3.05) is 53.2 Å². The third-order valence-electron chi connectivity index (χ3n) is 11.0. The average Bonchev–Trinajstić information content (AvgIpc) is 3.09. The first kappa shape index (κ1) is 32.4. The average molecular weight is 640 g/mol. The molecule has 0 bridgehead atoms. The molecule has 1 fully saturated rings. The minimum absolute atomic E-state index is 0.385. The molecule has 7 nitrogen and oxygen atoms in total. The van der Waals surface area contributed by atoms with Gasteiger partial charge in [0.2, 0.25) is 0 Å². The topological polar surface area (TPSA) is 64.8 Å². The number of rotatable bonds is 8. The molecule has 2 N–H and O–H groups in total. The van der Waals surface area contributed by atoms with E-state index in [-0.39, 0.29) is 0 Å². The zero-order valence-corrected chi connectivity index (χ0v) is 29.3. The van der Waals surface area contributed by atoms with Gasteiger partial charge in [-0.2, -0.15) is 0 Å². The molecule has 1 aromatic carbocycles. The van der Waals surface area contributed by atoms with Crippen molar-refractivity contribution in [3.8, 4) is 0 Å². The molecule has 48 heavy (non-hydrogen) atoms. The van der Waals surface area contributed by atoms with E-state index in [9.17, 15) is 0 Å². The zero-order chi connectivity index (χ0) is 33.5. The first-order valence-electron chi connectivity index (χ1n) is 17.9. The fourth-order valence-electron chi connectivity index (χ4n) is 8.24. The standard InChI is InChI=1S/C40H50BN7/c1-6-32-19-30(11-14-43-32)22-47(34-8-7-15-46(25-34)33-9-10-37(42)44-21-33)23-31-24-48-28(4)18-27(3)38-39(48)35(29(31)5)20-36(41)40(38)45-16-12-26(2)13-17-45/h8-11,14,19-21,24,26-28H,5-7,12-13,15-18,22-23,25H2,1-4H3,(H2,42,44). The van der Waals surface area contributed by atoms with E-state index in [0.29, 0.717) is 17.8 Å². The van der Waals surface area contributed by atoms with Gasteiger partial charge in [-0.1, -0.05) is 45.0 Å². The highest BCUT2D eigenvalue weighted by Gasteiger charge is 2.37. The first-order valence-corrected chi connectivity index (χ1v) is 17.9. The van der Waals surface area contributed by atoms with Crippen molar-refractivity contribution in [2.45, 2.75) is 78.3 Å². The molecule has 4 aliphatic heterocycles. The van der Waals surface area contributed by atoms with Crippen LogP contribution < -0.4 is 25.9 Å². The van der Waals surface area contributed by atoms with Crippen molar-refractivity contribution in [1.29, 1.82) is 0 Å². The summed E-state index contributed by atoms with van der Waals surface area (Å²) in [7, 11) is 7.02. The molecular formula is C40H50BN7. The Morgan fingerprint density at radius 1 is 1.00 bits per heavy atom. The second-order valence-electron chi connectivity index (χ2n) is 14.5. The van der Waals surface area contributed by atoms with Crippen molar-refractivity contribution in [2.24, 2.45) is 5.92 Å². The molecule has 0 aliphatic carbocycles. The molecule has 8 heteroatoms. The van der Waals surface area contributed by atoms with Crippen LogP contribution in [0.2, 0.25) is 0 Å². The fraction of sp³-hybridized carbons (Fsp3) is 0.450. The summed E-state index contributed by atoms with van der Waals surface area (Å²) in [6.45, 7) is 19.5. The van der Waals surface area contributed by atoms with Crippen molar-refractivity contribution < 1.29 is 0 Å². The Labute approximate surface area is 288 Å². The van der Waals surface area contributed by atoms with Gasteiger partial charge in [-0.15, -0.1) is 0 Å². The lowest BCUT2D eigenvalue weighted by atomic mass is 9.75. The molecule has 3 aromatic rings. The highest BCUT2D eigenvalue weighted by Crippen LogP contribution is 2.50. The maximum atomic E-state index is 7.02. The van der Waals surface area contributed by atoms with E-state index in [4.69, 9.17) is 20.2 Å². The molecular weight excluding hydrogens is 589 g/mol.